The van der Waals surface area contributed by atoms with Crippen LogP contribution in [0.25, 0.3) is 0 Å². The molecule has 1 aromatic heterocycles. The Morgan fingerprint density at radius 2 is 1.66 bits per heavy atom. The summed E-state index contributed by atoms with van der Waals surface area (Å²) in [7, 11) is 1.92. The number of para-hydroxylation sites is 1. The molecule has 15 heteroatoms. The molecule has 4 heterocycles. The maximum atomic E-state index is 14.2. The first-order chi connectivity index (χ1) is 19.5. The zero-order chi connectivity index (χ0) is 29.1. The first-order valence-electron chi connectivity index (χ1n) is 12.6. The number of aliphatic imine (C=N–C) groups is 1. The minimum Gasteiger partial charge on any atom is -0.367 e. The molecule has 0 radical (unpaired) electrons. The molecule has 6 rings (SSSR count). The molecule has 0 spiro atoms. The van der Waals surface area contributed by atoms with Crippen molar-refractivity contribution in [3.8, 4) is 0 Å². The molecule has 0 saturated carbocycles. The Bertz CT molecular complexity index is 1560. The number of rotatable bonds is 4. The van der Waals surface area contributed by atoms with E-state index in [9.17, 15) is 18.0 Å². The van der Waals surface area contributed by atoms with Crippen molar-refractivity contribution in [3.63, 3.8) is 0 Å². The number of benzene rings is 2. The number of nitrogens with one attached hydrogen (secondary N) is 1. The number of piperazine rings is 1. The van der Waals surface area contributed by atoms with Crippen LogP contribution >= 0.6 is 34.8 Å². The SMILES string of the molecule is CN1CCN(c2c(Cl)cc(Nc3ncc4c(n3)N3CCN=C3N(c3c(Cl)cccc3Cl)C4=O)cc2C(F)(F)F)CC1. The normalized spacial score (nSPS) is 17.5. The van der Waals surface area contributed by atoms with Gasteiger partial charge in [0.15, 0.2) is 5.82 Å². The molecule has 1 amide bonds. The Morgan fingerprint density at radius 1 is 0.951 bits per heavy atom. The van der Waals surface area contributed by atoms with Crippen LogP contribution in [0.1, 0.15) is 15.9 Å². The zero-order valence-corrected chi connectivity index (χ0v) is 23.8. The minimum absolute atomic E-state index is 0.0106. The molecule has 1 fully saturated rings. The van der Waals surface area contributed by atoms with Crippen LogP contribution in [0.2, 0.25) is 15.1 Å². The van der Waals surface area contributed by atoms with E-state index in [-0.39, 0.29) is 49.5 Å². The number of hydrogen-bond acceptors (Lipinski definition) is 8. The minimum atomic E-state index is -4.65. The molecule has 41 heavy (non-hydrogen) atoms. The van der Waals surface area contributed by atoms with Gasteiger partial charge in [-0.2, -0.15) is 18.2 Å². The molecule has 0 atom stereocenters. The highest BCUT2D eigenvalue weighted by Gasteiger charge is 2.41. The fraction of sp³-hybridized carbons (Fsp3) is 0.308. The Labute approximate surface area is 248 Å². The summed E-state index contributed by atoms with van der Waals surface area (Å²) >= 11 is 19.2. The largest absolute Gasteiger partial charge is 0.418 e. The molecule has 214 valence electrons. The maximum absolute atomic E-state index is 14.2. The summed E-state index contributed by atoms with van der Waals surface area (Å²) in [5.74, 6) is 0.0569. The van der Waals surface area contributed by atoms with Crippen LogP contribution in [0, 0.1) is 0 Å². The highest BCUT2D eigenvalue weighted by atomic mass is 35.5. The van der Waals surface area contributed by atoms with Gasteiger partial charge >= 0.3 is 6.18 Å². The first-order valence-corrected chi connectivity index (χ1v) is 13.7. The topological polar surface area (TPSA) is 80.2 Å². The Morgan fingerprint density at radius 3 is 2.34 bits per heavy atom. The zero-order valence-electron chi connectivity index (χ0n) is 21.5. The number of anilines is 5. The third kappa shape index (κ3) is 5.03. The molecular weight excluding hydrogens is 604 g/mol. The molecule has 0 bridgehead atoms. The predicted octanol–water partition coefficient (Wildman–Crippen LogP) is 5.79. The average molecular weight is 626 g/mol. The number of guanidine groups is 1. The molecule has 3 aromatic rings. The summed E-state index contributed by atoms with van der Waals surface area (Å²) < 4.78 is 42.6. The highest BCUT2D eigenvalue weighted by molar-refractivity contribution is 6.43. The van der Waals surface area contributed by atoms with Crippen LogP contribution < -0.4 is 20.0 Å². The summed E-state index contributed by atoms with van der Waals surface area (Å²) in [5, 5.41) is 3.32. The number of amides is 1. The van der Waals surface area contributed by atoms with Crippen molar-refractivity contribution in [2.24, 2.45) is 4.99 Å². The Kier molecular flexibility index (Phi) is 7.13. The Hall–Kier alpha value is -3.32. The van der Waals surface area contributed by atoms with Crippen molar-refractivity contribution < 1.29 is 18.0 Å². The molecule has 3 aliphatic rings. The molecule has 0 unspecified atom stereocenters. The maximum Gasteiger partial charge on any atom is 0.418 e. The van der Waals surface area contributed by atoms with Gasteiger partial charge < -0.3 is 15.1 Å². The van der Waals surface area contributed by atoms with E-state index < -0.39 is 17.6 Å². The third-order valence-corrected chi connectivity index (χ3v) is 7.98. The second-order valence-electron chi connectivity index (χ2n) is 9.74. The Balaban J connectivity index is 1.35. The number of halogens is 6. The van der Waals surface area contributed by atoms with Crippen LogP contribution in [0.4, 0.5) is 42.0 Å². The van der Waals surface area contributed by atoms with E-state index in [1.807, 2.05) is 11.9 Å². The molecule has 1 saturated heterocycles. The predicted molar refractivity (Wildman–Crippen MR) is 154 cm³/mol. The highest BCUT2D eigenvalue weighted by Crippen LogP contribution is 2.44. The van der Waals surface area contributed by atoms with Gasteiger partial charge in [0.25, 0.3) is 5.91 Å². The van der Waals surface area contributed by atoms with Gasteiger partial charge in [0.2, 0.25) is 11.9 Å². The van der Waals surface area contributed by atoms with Gasteiger partial charge in [0.05, 0.1) is 38.6 Å². The third-order valence-electron chi connectivity index (χ3n) is 7.08. The van der Waals surface area contributed by atoms with Crippen molar-refractivity contribution >= 4 is 75.5 Å². The smallest absolute Gasteiger partial charge is 0.367 e. The van der Waals surface area contributed by atoms with Crippen LogP contribution in [0.15, 0.2) is 41.5 Å². The molecule has 9 nitrogen and oxygen atoms in total. The molecule has 3 aliphatic heterocycles. The lowest BCUT2D eigenvalue weighted by Gasteiger charge is -2.36. The standard InChI is InChI=1S/C26H22Cl3F3N8O/c1-37-7-9-38(10-8-37)20-16(26(30,31)32)11-14(12-19(20)29)35-24-34-13-15-22(36-24)39-6-5-33-25(39)40(23(15)41)21-17(27)3-2-4-18(21)28/h2-4,11-13H,5-10H2,1H3,(H,34,35,36). The van der Waals surface area contributed by atoms with Crippen LogP contribution in [-0.4, -0.2) is 73.1 Å². The molecule has 0 aliphatic carbocycles. The van der Waals surface area contributed by atoms with Gasteiger partial charge in [-0.1, -0.05) is 40.9 Å². The summed E-state index contributed by atoms with van der Waals surface area (Å²) in [4.78, 5) is 33.5. The lowest BCUT2D eigenvalue weighted by atomic mass is 10.1. The number of fused-ring (bicyclic) bond motifs is 3. The van der Waals surface area contributed by atoms with Crippen molar-refractivity contribution in [3.05, 3.63) is 62.7 Å². The molecule has 2 aromatic carbocycles. The van der Waals surface area contributed by atoms with Gasteiger partial charge in [0.1, 0.15) is 5.56 Å². The van der Waals surface area contributed by atoms with Gasteiger partial charge in [0, 0.05) is 44.6 Å². The van der Waals surface area contributed by atoms with Crippen LogP contribution in [0.5, 0.6) is 0 Å². The first kappa shape index (κ1) is 27.8. The van der Waals surface area contributed by atoms with E-state index in [2.05, 4.69) is 20.3 Å². The second-order valence-corrected chi connectivity index (χ2v) is 11.0. The number of aromatic nitrogens is 2. The van der Waals surface area contributed by atoms with Gasteiger partial charge in [-0.25, -0.2) is 9.88 Å². The van der Waals surface area contributed by atoms with Gasteiger partial charge in [-0.05, 0) is 31.3 Å². The number of nitrogens with zero attached hydrogens (tertiary/aromatic N) is 7. The number of likely N-dealkylation sites (N-methyl/N-ethyl adjacent to an activating group) is 1. The van der Waals surface area contributed by atoms with Gasteiger partial charge in [-0.15, -0.1) is 0 Å². The lowest BCUT2D eigenvalue weighted by Crippen LogP contribution is -2.51. The van der Waals surface area contributed by atoms with Crippen molar-refractivity contribution in [1.82, 2.24) is 14.9 Å². The fourth-order valence-electron chi connectivity index (χ4n) is 5.10. The van der Waals surface area contributed by atoms with E-state index in [1.165, 1.54) is 17.2 Å². The van der Waals surface area contributed by atoms with E-state index in [4.69, 9.17) is 34.8 Å². The monoisotopic (exact) mass is 624 g/mol. The second kappa shape index (κ2) is 10.5. The summed E-state index contributed by atoms with van der Waals surface area (Å²) in [5.41, 5.74) is -0.402. The summed E-state index contributed by atoms with van der Waals surface area (Å²) in [6.07, 6.45) is -3.34. The van der Waals surface area contributed by atoms with Crippen LogP contribution in [-0.2, 0) is 6.18 Å². The van der Waals surface area contributed by atoms with Crippen molar-refractivity contribution in [2.75, 3.05) is 66.3 Å². The number of alkyl halides is 3. The number of carbonyl (C=O) groups excluding carboxylic acids is 1. The molecule has 1 N–H and O–H groups in total. The average Bonchev–Trinajstić information content (AvgIpc) is 3.40. The van der Waals surface area contributed by atoms with Crippen molar-refractivity contribution in [2.45, 2.75) is 6.18 Å². The summed E-state index contributed by atoms with van der Waals surface area (Å²) in [6.45, 7) is 2.88. The fourth-order valence-corrected chi connectivity index (χ4v) is 6.01. The van der Waals surface area contributed by atoms with E-state index in [0.717, 1.165) is 6.07 Å². The van der Waals surface area contributed by atoms with Gasteiger partial charge in [-0.3, -0.25) is 14.7 Å². The van der Waals surface area contributed by atoms with Crippen molar-refractivity contribution in [1.29, 1.82) is 0 Å². The quantitative estimate of drug-likeness (QED) is 0.393. The number of carbonyl (C=O) groups is 1. The number of hydrogen-bond donors (Lipinski definition) is 1. The van der Waals surface area contributed by atoms with Crippen LogP contribution in [0.3, 0.4) is 0 Å². The van der Waals surface area contributed by atoms with E-state index >= 15 is 0 Å². The lowest BCUT2D eigenvalue weighted by molar-refractivity contribution is -0.137. The molecular formula is C26H22Cl3F3N8O. The van der Waals surface area contributed by atoms with E-state index in [0.29, 0.717) is 45.2 Å². The summed E-state index contributed by atoms with van der Waals surface area (Å²) in [6, 6.07) is 7.31. The van der Waals surface area contributed by atoms with E-state index in [1.54, 1.807) is 28.0 Å².